The zero-order valence-electron chi connectivity index (χ0n) is 8.93. The predicted molar refractivity (Wildman–Crippen MR) is 84.1 cm³/mol. The van der Waals surface area contributed by atoms with Crippen LogP contribution in [0, 0.1) is 0 Å². The van der Waals surface area contributed by atoms with Crippen molar-refractivity contribution in [3.05, 3.63) is 44.2 Å². The maximum atomic E-state index is 4.42. The summed E-state index contributed by atoms with van der Waals surface area (Å²) in [5.74, 6) is 0.769. The van der Waals surface area contributed by atoms with Crippen molar-refractivity contribution in [1.29, 1.82) is 0 Å². The Morgan fingerprint density at radius 2 is 1.33 bits per heavy atom. The van der Waals surface area contributed by atoms with Gasteiger partial charge in [0.05, 0.1) is 12.4 Å². The monoisotopic (exact) mass is 400 g/mol. The zero-order chi connectivity index (χ0) is 12.5. The van der Waals surface area contributed by atoms with Crippen LogP contribution in [0.25, 0.3) is 21.1 Å². The number of halogens is 2. The molecule has 0 aromatic carbocycles. The Hall–Kier alpha value is -0.560. The predicted octanol–water partition coefficient (Wildman–Crippen LogP) is 5.46. The highest BCUT2D eigenvalue weighted by molar-refractivity contribution is 9.11. The van der Waals surface area contributed by atoms with Gasteiger partial charge in [-0.1, -0.05) is 0 Å². The van der Waals surface area contributed by atoms with Crippen LogP contribution in [0.3, 0.4) is 0 Å². The topological polar surface area (TPSA) is 25.8 Å². The van der Waals surface area contributed by atoms with Crippen molar-refractivity contribution in [1.82, 2.24) is 9.97 Å². The fourth-order valence-electron chi connectivity index (χ4n) is 1.49. The summed E-state index contributed by atoms with van der Waals surface area (Å²) in [7, 11) is 0. The number of thiophene rings is 2. The van der Waals surface area contributed by atoms with Crippen molar-refractivity contribution in [2.45, 2.75) is 0 Å². The third-order valence-corrected chi connectivity index (χ3v) is 5.60. The molecule has 3 rings (SSSR count). The molecular weight excluding hydrogens is 396 g/mol. The lowest BCUT2D eigenvalue weighted by Gasteiger charge is -1.98. The fraction of sp³-hybridized carbons (Fsp3) is 0. The first-order valence-electron chi connectivity index (χ1n) is 5.06. The van der Waals surface area contributed by atoms with E-state index in [1.807, 2.05) is 30.6 Å². The minimum Gasteiger partial charge on any atom is -0.235 e. The van der Waals surface area contributed by atoms with Crippen LogP contribution in [-0.4, -0.2) is 9.97 Å². The van der Waals surface area contributed by atoms with E-state index < -0.39 is 0 Å². The average Bonchev–Trinajstić information content (AvgIpc) is 2.98. The van der Waals surface area contributed by atoms with E-state index in [2.05, 4.69) is 47.9 Å². The maximum absolute atomic E-state index is 4.42. The number of hydrogen-bond donors (Lipinski definition) is 0. The van der Waals surface area contributed by atoms with E-state index in [1.165, 1.54) is 4.88 Å². The molecule has 18 heavy (non-hydrogen) atoms. The van der Waals surface area contributed by atoms with E-state index in [9.17, 15) is 0 Å². The van der Waals surface area contributed by atoms with Crippen molar-refractivity contribution < 1.29 is 0 Å². The molecule has 0 unspecified atom stereocenters. The molecule has 3 heterocycles. The maximum Gasteiger partial charge on any atom is 0.169 e. The van der Waals surface area contributed by atoms with Crippen molar-refractivity contribution >= 4 is 54.5 Å². The largest absolute Gasteiger partial charge is 0.235 e. The summed E-state index contributed by atoms with van der Waals surface area (Å²) >= 11 is 10.2. The molecule has 0 aliphatic heterocycles. The van der Waals surface area contributed by atoms with Gasteiger partial charge in [-0.2, -0.15) is 0 Å². The van der Waals surface area contributed by atoms with Gasteiger partial charge in [0, 0.05) is 22.8 Å². The minimum atomic E-state index is 0.769. The van der Waals surface area contributed by atoms with Gasteiger partial charge in [-0.15, -0.1) is 22.7 Å². The van der Waals surface area contributed by atoms with Crippen molar-refractivity contribution in [2.75, 3.05) is 0 Å². The highest BCUT2D eigenvalue weighted by Crippen LogP contribution is 2.32. The molecule has 0 N–H and O–H groups in total. The number of hydrogen-bond acceptors (Lipinski definition) is 4. The lowest BCUT2D eigenvalue weighted by Crippen LogP contribution is -1.86. The second-order valence-corrected chi connectivity index (χ2v) is 8.43. The van der Waals surface area contributed by atoms with Crippen molar-refractivity contribution in [3.8, 4) is 21.1 Å². The standard InChI is InChI=1S/C12H6Br2N2S2/c13-10-3-1-8(17-10)7-5-15-12(16-6-7)9-2-4-11(14)18-9/h1-6H. The van der Waals surface area contributed by atoms with Crippen molar-refractivity contribution in [2.24, 2.45) is 0 Å². The van der Waals surface area contributed by atoms with Gasteiger partial charge >= 0.3 is 0 Å². The van der Waals surface area contributed by atoms with E-state index in [-0.39, 0.29) is 0 Å². The van der Waals surface area contributed by atoms with E-state index in [0.717, 1.165) is 23.8 Å². The van der Waals surface area contributed by atoms with Gasteiger partial charge in [0.1, 0.15) is 0 Å². The normalized spacial score (nSPS) is 10.8. The molecule has 0 atom stereocenters. The molecule has 0 saturated carbocycles. The second kappa shape index (κ2) is 5.21. The van der Waals surface area contributed by atoms with E-state index in [0.29, 0.717) is 0 Å². The molecule has 90 valence electrons. The van der Waals surface area contributed by atoms with Crippen LogP contribution in [0.15, 0.2) is 44.2 Å². The molecule has 0 radical (unpaired) electrons. The van der Waals surface area contributed by atoms with Crippen LogP contribution in [0.4, 0.5) is 0 Å². The minimum absolute atomic E-state index is 0.769. The molecule has 3 aromatic heterocycles. The van der Waals surface area contributed by atoms with Gasteiger partial charge in [-0.25, -0.2) is 9.97 Å². The first-order chi connectivity index (χ1) is 8.72. The van der Waals surface area contributed by atoms with Gasteiger partial charge in [-0.05, 0) is 56.1 Å². The Labute approximate surface area is 129 Å². The van der Waals surface area contributed by atoms with Gasteiger partial charge in [0.15, 0.2) is 5.82 Å². The summed E-state index contributed by atoms with van der Waals surface area (Å²) in [6, 6.07) is 8.12. The quantitative estimate of drug-likeness (QED) is 0.569. The number of aromatic nitrogens is 2. The highest BCUT2D eigenvalue weighted by Gasteiger charge is 2.06. The highest BCUT2D eigenvalue weighted by atomic mass is 79.9. The summed E-state index contributed by atoms with van der Waals surface area (Å²) in [5.41, 5.74) is 1.05. The van der Waals surface area contributed by atoms with Crippen LogP contribution < -0.4 is 0 Å². The Kier molecular flexibility index (Phi) is 3.61. The Morgan fingerprint density at radius 1 is 0.778 bits per heavy atom. The van der Waals surface area contributed by atoms with Crippen LogP contribution >= 0.6 is 54.5 Å². The first-order valence-corrected chi connectivity index (χ1v) is 8.28. The van der Waals surface area contributed by atoms with Gasteiger partial charge in [0.25, 0.3) is 0 Å². The van der Waals surface area contributed by atoms with E-state index >= 15 is 0 Å². The number of nitrogens with zero attached hydrogens (tertiary/aromatic N) is 2. The molecule has 0 amide bonds. The Balaban J connectivity index is 1.94. The molecule has 6 heteroatoms. The Morgan fingerprint density at radius 3 is 1.83 bits per heavy atom. The van der Waals surface area contributed by atoms with Crippen LogP contribution in [0.5, 0.6) is 0 Å². The zero-order valence-corrected chi connectivity index (χ0v) is 13.7. The van der Waals surface area contributed by atoms with Crippen LogP contribution in [-0.2, 0) is 0 Å². The molecular formula is C12H6Br2N2S2. The van der Waals surface area contributed by atoms with Crippen LogP contribution in [0.2, 0.25) is 0 Å². The molecule has 0 saturated heterocycles. The average molecular weight is 402 g/mol. The van der Waals surface area contributed by atoms with Gasteiger partial charge < -0.3 is 0 Å². The molecule has 0 aliphatic rings. The second-order valence-electron chi connectivity index (χ2n) is 3.50. The first kappa shape index (κ1) is 12.5. The molecule has 0 aliphatic carbocycles. The summed E-state index contributed by atoms with van der Waals surface area (Å²) in [6.07, 6.45) is 3.74. The molecule has 2 nitrogen and oxygen atoms in total. The molecule has 0 spiro atoms. The SMILES string of the molecule is Brc1ccc(-c2cnc(-c3ccc(Br)s3)nc2)s1. The third kappa shape index (κ3) is 2.56. The van der Waals surface area contributed by atoms with Crippen molar-refractivity contribution in [3.63, 3.8) is 0 Å². The summed E-state index contributed by atoms with van der Waals surface area (Å²) < 4.78 is 2.20. The van der Waals surface area contributed by atoms with Crippen LogP contribution in [0.1, 0.15) is 0 Å². The molecule has 3 aromatic rings. The summed E-state index contributed by atoms with van der Waals surface area (Å²) in [4.78, 5) is 11.1. The molecule has 0 fully saturated rings. The smallest absolute Gasteiger partial charge is 0.169 e. The third-order valence-electron chi connectivity index (χ3n) is 2.30. The summed E-state index contributed by atoms with van der Waals surface area (Å²) in [6.45, 7) is 0. The lowest BCUT2D eigenvalue weighted by atomic mass is 10.3. The molecule has 0 bridgehead atoms. The van der Waals surface area contributed by atoms with Gasteiger partial charge in [0.2, 0.25) is 0 Å². The summed E-state index contributed by atoms with van der Waals surface area (Å²) in [5, 5.41) is 0. The lowest BCUT2D eigenvalue weighted by molar-refractivity contribution is 1.19. The number of rotatable bonds is 2. The van der Waals surface area contributed by atoms with E-state index in [1.54, 1.807) is 22.7 Å². The fourth-order valence-corrected chi connectivity index (χ4v) is 4.18. The van der Waals surface area contributed by atoms with Gasteiger partial charge in [-0.3, -0.25) is 0 Å². The Bertz CT molecular complexity index is 614. The van der Waals surface area contributed by atoms with E-state index in [4.69, 9.17) is 0 Å².